The minimum atomic E-state index is 0.169. The molecular weight excluding hydrogens is 276 g/mol. The normalized spacial score (nSPS) is 10.6. The summed E-state index contributed by atoms with van der Waals surface area (Å²) in [6, 6.07) is 18.1. The molecule has 0 aliphatic carbocycles. The molecule has 0 amide bonds. The van der Waals surface area contributed by atoms with Gasteiger partial charge in [-0.25, -0.2) is 0 Å². The van der Waals surface area contributed by atoms with Crippen LogP contribution in [0.5, 0.6) is 5.75 Å². The van der Waals surface area contributed by atoms with E-state index in [-0.39, 0.29) is 6.61 Å². The number of aliphatic hydroxyl groups is 1. The van der Waals surface area contributed by atoms with Gasteiger partial charge in [-0.1, -0.05) is 42.5 Å². The molecule has 1 N–H and O–H groups in total. The molecule has 0 aliphatic heterocycles. The molecule has 2 aromatic carbocycles. The Morgan fingerprint density at radius 1 is 0.818 bits per heavy atom. The predicted molar refractivity (Wildman–Crippen MR) is 88.1 cm³/mol. The van der Waals surface area contributed by atoms with Crippen molar-refractivity contribution in [3.05, 3.63) is 65.7 Å². The number of aliphatic hydroxyl groups excluding tert-OH is 1. The fraction of sp³-hybridized carbons (Fsp3) is 0.368. The van der Waals surface area contributed by atoms with Crippen molar-refractivity contribution in [2.45, 2.75) is 25.9 Å². The lowest BCUT2D eigenvalue weighted by atomic mass is 10.1. The van der Waals surface area contributed by atoms with Crippen LogP contribution in [0, 0.1) is 0 Å². The monoisotopic (exact) mass is 300 g/mol. The van der Waals surface area contributed by atoms with Gasteiger partial charge in [-0.05, 0) is 42.5 Å². The van der Waals surface area contributed by atoms with Crippen molar-refractivity contribution in [3.8, 4) is 5.75 Å². The van der Waals surface area contributed by atoms with Gasteiger partial charge in [0.25, 0.3) is 0 Å². The smallest absolute Gasteiger partial charge is 0.119 e. The molecule has 0 unspecified atom stereocenters. The molecule has 0 bridgehead atoms. The number of ether oxygens (including phenoxy) is 2. The van der Waals surface area contributed by atoms with Crippen molar-refractivity contribution in [2.24, 2.45) is 0 Å². The molecule has 2 aromatic rings. The Labute approximate surface area is 132 Å². The molecule has 0 aromatic heterocycles. The van der Waals surface area contributed by atoms with Crippen LogP contribution in [0.2, 0.25) is 0 Å². The first-order valence-electron chi connectivity index (χ1n) is 7.83. The number of benzene rings is 2. The SMILES string of the molecule is OCCc1cccc(OCCCCOCc2ccccc2)c1. The second kappa shape index (κ2) is 9.98. The highest BCUT2D eigenvalue weighted by Crippen LogP contribution is 2.14. The van der Waals surface area contributed by atoms with Crippen molar-refractivity contribution >= 4 is 0 Å². The highest BCUT2D eigenvalue weighted by molar-refractivity contribution is 5.28. The summed E-state index contributed by atoms with van der Waals surface area (Å²) in [6.07, 6.45) is 2.63. The summed E-state index contributed by atoms with van der Waals surface area (Å²) < 4.78 is 11.4. The Bertz CT molecular complexity index is 525. The number of rotatable bonds is 10. The molecule has 0 atom stereocenters. The Balaban J connectivity index is 1.55. The molecular formula is C19H24O3. The van der Waals surface area contributed by atoms with Gasteiger partial charge in [0, 0.05) is 13.2 Å². The van der Waals surface area contributed by atoms with Gasteiger partial charge >= 0.3 is 0 Å². The van der Waals surface area contributed by atoms with Crippen molar-refractivity contribution in [1.29, 1.82) is 0 Å². The summed E-state index contributed by atoms with van der Waals surface area (Å²) in [4.78, 5) is 0. The molecule has 0 spiro atoms. The van der Waals surface area contributed by atoms with E-state index in [2.05, 4.69) is 12.1 Å². The third kappa shape index (κ3) is 6.29. The number of hydrogen-bond donors (Lipinski definition) is 1. The molecule has 3 heteroatoms. The Kier molecular flexibility index (Phi) is 7.50. The molecule has 0 heterocycles. The van der Waals surface area contributed by atoms with E-state index in [0.29, 0.717) is 19.6 Å². The average molecular weight is 300 g/mol. The Morgan fingerprint density at radius 3 is 2.41 bits per heavy atom. The van der Waals surface area contributed by atoms with E-state index in [0.717, 1.165) is 30.8 Å². The van der Waals surface area contributed by atoms with Gasteiger partial charge < -0.3 is 14.6 Å². The van der Waals surface area contributed by atoms with E-state index in [9.17, 15) is 0 Å². The van der Waals surface area contributed by atoms with Crippen LogP contribution in [0.25, 0.3) is 0 Å². The first-order valence-corrected chi connectivity index (χ1v) is 7.83. The molecule has 3 nitrogen and oxygen atoms in total. The van der Waals surface area contributed by atoms with Crippen molar-refractivity contribution in [1.82, 2.24) is 0 Å². The molecule has 0 fully saturated rings. The highest BCUT2D eigenvalue weighted by atomic mass is 16.5. The van der Waals surface area contributed by atoms with Crippen LogP contribution in [0.4, 0.5) is 0 Å². The van der Waals surface area contributed by atoms with E-state index in [1.165, 1.54) is 5.56 Å². The average Bonchev–Trinajstić information content (AvgIpc) is 2.56. The van der Waals surface area contributed by atoms with E-state index in [1.807, 2.05) is 42.5 Å². The summed E-state index contributed by atoms with van der Waals surface area (Å²) >= 11 is 0. The van der Waals surface area contributed by atoms with Crippen molar-refractivity contribution < 1.29 is 14.6 Å². The zero-order valence-corrected chi connectivity index (χ0v) is 12.9. The highest BCUT2D eigenvalue weighted by Gasteiger charge is 1.97. The minimum Gasteiger partial charge on any atom is -0.494 e. The van der Waals surface area contributed by atoms with E-state index < -0.39 is 0 Å². The predicted octanol–water partition coefficient (Wildman–Crippen LogP) is 3.60. The van der Waals surface area contributed by atoms with Gasteiger partial charge in [-0.2, -0.15) is 0 Å². The molecule has 0 saturated heterocycles. The molecule has 22 heavy (non-hydrogen) atoms. The van der Waals surface area contributed by atoms with Crippen LogP contribution in [0.15, 0.2) is 54.6 Å². The summed E-state index contributed by atoms with van der Waals surface area (Å²) in [5.41, 5.74) is 2.31. The fourth-order valence-electron chi connectivity index (χ4n) is 2.18. The Hall–Kier alpha value is -1.84. The third-order valence-corrected chi connectivity index (χ3v) is 3.36. The second-order valence-corrected chi connectivity index (χ2v) is 5.21. The van der Waals surface area contributed by atoms with Crippen LogP contribution in [0.3, 0.4) is 0 Å². The standard InChI is InChI=1S/C19H24O3/c20-12-11-17-9-6-10-19(15-17)22-14-5-4-13-21-16-18-7-2-1-3-8-18/h1-3,6-10,15,20H,4-5,11-14,16H2. The van der Waals surface area contributed by atoms with Crippen LogP contribution in [-0.2, 0) is 17.8 Å². The number of unbranched alkanes of at least 4 members (excludes halogenated alkanes) is 1. The Morgan fingerprint density at radius 2 is 1.59 bits per heavy atom. The zero-order valence-electron chi connectivity index (χ0n) is 12.9. The van der Waals surface area contributed by atoms with Gasteiger partial charge in [-0.3, -0.25) is 0 Å². The first-order chi connectivity index (χ1) is 10.9. The van der Waals surface area contributed by atoms with Crippen LogP contribution in [0.1, 0.15) is 24.0 Å². The first kappa shape index (κ1) is 16.5. The largest absolute Gasteiger partial charge is 0.494 e. The summed E-state index contributed by atoms with van der Waals surface area (Å²) in [5.74, 6) is 0.871. The molecule has 0 radical (unpaired) electrons. The minimum absolute atomic E-state index is 0.169. The molecule has 118 valence electrons. The summed E-state index contributed by atoms with van der Waals surface area (Å²) in [6.45, 7) is 2.28. The topological polar surface area (TPSA) is 38.7 Å². The maximum Gasteiger partial charge on any atom is 0.119 e. The van der Waals surface area contributed by atoms with Gasteiger partial charge in [-0.15, -0.1) is 0 Å². The summed E-state index contributed by atoms with van der Waals surface area (Å²) in [7, 11) is 0. The lowest BCUT2D eigenvalue weighted by Gasteiger charge is -2.08. The van der Waals surface area contributed by atoms with Crippen molar-refractivity contribution in [3.63, 3.8) is 0 Å². The maximum atomic E-state index is 8.93. The molecule has 0 saturated carbocycles. The van der Waals surface area contributed by atoms with E-state index in [1.54, 1.807) is 0 Å². The van der Waals surface area contributed by atoms with E-state index >= 15 is 0 Å². The van der Waals surface area contributed by atoms with Crippen molar-refractivity contribution in [2.75, 3.05) is 19.8 Å². The van der Waals surface area contributed by atoms with Gasteiger partial charge in [0.15, 0.2) is 0 Å². The lowest BCUT2D eigenvalue weighted by Crippen LogP contribution is -2.01. The van der Waals surface area contributed by atoms with Gasteiger partial charge in [0.2, 0.25) is 0 Å². The number of hydrogen-bond acceptors (Lipinski definition) is 3. The fourth-order valence-corrected chi connectivity index (χ4v) is 2.18. The zero-order chi connectivity index (χ0) is 15.5. The molecule has 0 aliphatic rings. The van der Waals surface area contributed by atoms with Crippen LogP contribution in [-0.4, -0.2) is 24.9 Å². The second-order valence-electron chi connectivity index (χ2n) is 5.21. The summed E-state index contributed by atoms with van der Waals surface area (Å²) in [5, 5.41) is 8.93. The van der Waals surface area contributed by atoms with Gasteiger partial charge in [0.1, 0.15) is 5.75 Å². The maximum absolute atomic E-state index is 8.93. The molecule has 2 rings (SSSR count). The van der Waals surface area contributed by atoms with Crippen LogP contribution >= 0.6 is 0 Å². The van der Waals surface area contributed by atoms with Gasteiger partial charge in [0.05, 0.1) is 13.2 Å². The third-order valence-electron chi connectivity index (χ3n) is 3.36. The van der Waals surface area contributed by atoms with E-state index in [4.69, 9.17) is 14.6 Å². The lowest BCUT2D eigenvalue weighted by molar-refractivity contribution is 0.113. The van der Waals surface area contributed by atoms with Crippen LogP contribution < -0.4 is 4.74 Å². The quantitative estimate of drug-likeness (QED) is 0.681.